The van der Waals surface area contributed by atoms with Crippen LogP contribution in [0.4, 0.5) is 0 Å². The zero-order valence-corrected chi connectivity index (χ0v) is 15.3. The predicted octanol–water partition coefficient (Wildman–Crippen LogP) is 5.50. The molecule has 3 rings (SSSR count). The summed E-state index contributed by atoms with van der Waals surface area (Å²) in [6.45, 7) is 2.13. The minimum atomic E-state index is 0.706. The van der Waals surface area contributed by atoms with Gasteiger partial charge in [0.25, 0.3) is 0 Å². The highest BCUT2D eigenvalue weighted by Crippen LogP contribution is 2.19. The molecule has 0 aliphatic heterocycles. The van der Waals surface area contributed by atoms with E-state index in [0.29, 0.717) is 5.02 Å². The van der Waals surface area contributed by atoms with Crippen LogP contribution in [0.25, 0.3) is 11.0 Å². The van der Waals surface area contributed by atoms with E-state index >= 15 is 0 Å². The van der Waals surface area contributed by atoms with Gasteiger partial charge >= 0.3 is 0 Å². The SMILES string of the molecule is Cc1cnsc1CCCCCC(=S)c1nc2ccc(Cl)cc2[nH]1. The van der Waals surface area contributed by atoms with Crippen LogP contribution in [0, 0.1) is 6.92 Å². The number of aromatic nitrogens is 3. The maximum absolute atomic E-state index is 6.00. The van der Waals surface area contributed by atoms with Gasteiger partial charge in [-0.05, 0) is 67.9 Å². The molecule has 6 heteroatoms. The Morgan fingerprint density at radius 1 is 1.30 bits per heavy atom. The molecule has 0 spiro atoms. The number of fused-ring (bicyclic) bond motifs is 1. The normalized spacial score (nSPS) is 11.2. The second-order valence-corrected chi connectivity index (χ2v) is 7.48. The molecule has 3 aromatic rings. The first kappa shape index (κ1) is 16.6. The third-order valence-corrected chi connectivity index (χ3v) is 5.45. The molecule has 0 fully saturated rings. The highest BCUT2D eigenvalue weighted by molar-refractivity contribution is 7.80. The maximum Gasteiger partial charge on any atom is 0.145 e. The Bertz CT molecular complexity index is 822. The van der Waals surface area contributed by atoms with Crippen molar-refractivity contribution in [3.63, 3.8) is 0 Å². The minimum Gasteiger partial charge on any atom is -0.337 e. The number of aromatic amines is 1. The quantitative estimate of drug-likeness (QED) is 0.342. The van der Waals surface area contributed by atoms with Gasteiger partial charge in [0, 0.05) is 16.1 Å². The number of rotatable bonds is 7. The summed E-state index contributed by atoms with van der Waals surface area (Å²) < 4.78 is 4.21. The molecule has 0 amide bonds. The molecule has 23 heavy (non-hydrogen) atoms. The first-order chi connectivity index (χ1) is 11.1. The number of imidazole rings is 1. The lowest BCUT2D eigenvalue weighted by molar-refractivity contribution is 0.701. The first-order valence-corrected chi connectivity index (χ1v) is 9.28. The van der Waals surface area contributed by atoms with Gasteiger partial charge in [0.1, 0.15) is 5.82 Å². The summed E-state index contributed by atoms with van der Waals surface area (Å²) in [5.74, 6) is 0.801. The van der Waals surface area contributed by atoms with Crippen LogP contribution in [-0.2, 0) is 6.42 Å². The van der Waals surface area contributed by atoms with E-state index in [4.69, 9.17) is 23.8 Å². The largest absolute Gasteiger partial charge is 0.337 e. The molecule has 0 saturated heterocycles. The van der Waals surface area contributed by atoms with Gasteiger partial charge in [-0.1, -0.05) is 30.2 Å². The average molecular weight is 364 g/mol. The average Bonchev–Trinajstić information content (AvgIpc) is 3.12. The number of aryl methyl sites for hydroxylation is 2. The molecule has 1 N–H and O–H groups in total. The molecule has 0 unspecified atom stereocenters. The molecule has 0 bridgehead atoms. The third kappa shape index (κ3) is 4.16. The zero-order valence-electron chi connectivity index (χ0n) is 12.9. The first-order valence-electron chi connectivity index (χ1n) is 7.72. The van der Waals surface area contributed by atoms with Gasteiger partial charge in [0.05, 0.1) is 15.9 Å². The van der Waals surface area contributed by atoms with Crippen molar-refractivity contribution in [1.29, 1.82) is 0 Å². The molecule has 2 aromatic heterocycles. The van der Waals surface area contributed by atoms with Crippen molar-refractivity contribution in [2.24, 2.45) is 0 Å². The summed E-state index contributed by atoms with van der Waals surface area (Å²) in [6.07, 6.45) is 7.40. The van der Waals surface area contributed by atoms with Crippen molar-refractivity contribution in [1.82, 2.24) is 14.3 Å². The predicted molar refractivity (Wildman–Crippen MR) is 102 cm³/mol. The lowest BCUT2D eigenvalue weighted by atomic mass is 10.1. The van der Waals surface area contributed by atoms with Crippen LogP contribution in [-0.4, -0.2) is 19.2 Å². The smallest absolute Gasteiger partial charge is 0.145 e. The fourth-order valence-corrected chi connectivity index (χ4v) is 3.72. The zero-order chi connectivity index (χ0) is 16.2. The van der Waals surface area contributed by atoms with Gasteiger partial charge in [0.2, 0.25) is 0 Å². The van der Waals surface area contributed by atoms with E-state index in [1.807, 2.05) is 24.4 Å². The topological polar surface area (TPSA) is 41.6 Å². The summed E-state index contributed by atoms with van der Waals surface area (Å²) in [5, 5.41) is 0.706. The Balaban J connectivity index is 1.48. The van der Waals surface area contributed by atoms with Crippen molar-refractivity contribution >= 4 is 51.2 Å². The van der Waals surface area contributed by atoms with E-state index < -0.39 is 0 Å². The second-order valence-electron chi connectivity index (χ2n) is 5.66. The highest BCUT2D eigenvalue weighted by atomic mass is 35.5. The van der Waals surface area contributed by atoms with Gasteiger partial charge in [-0.3, -0.25) is 0 Å². The van der Waals surface area contributed by atoms with E-state index in [1.54, 1.807) is 11.5 Å². The number of hydrogen-bond donors (Lipinski definition) is 1. The van der Waals surface area contributed by atoms with Gasteiger partial charge in [-0.2, -0.15) is 0 Å². The number of nitrogens with one attached hydrogen (secondary N) is 1. The fourth-order valence-electron chi connectivity index (χ4n) is 2.54. The monoisotopic (exact) mass is 363 g/mol. The molecule has 2 heterocycles. The Kier molecular flexibility index (Phi) is 5.41. The molecule has 0 aliphatic rings. The Morgan fingerprint density at radius 2 is 2.17 bits per heavy atom. The van der Waals surface area contributed by atoms with Crippen LogP contribution in [0.2, 0.25) is 5.02 Å². The maximum atomic E-state index is 6.00. The highest BCUT2D eigenvalue weighted by Gasteiger charge is 2.08. The van der Waals surface area contributed by atoms with Crippen LogP contribution in [0.15, 0.2) is 24.4 Å². The molecule has 120 valence electrons. The van der Waals surface area contributed by atoms with Gasteiger partial charge in [0.15, 0.2) is 0 Å². The molecule has 1 aromatic carbocycles. The van der Waals surface area contributed by atoms with Crippen molar-refractivity contribution in [2.45, 2.75) is 39.0 Å². The van der Waals surface area contributed by atoms with Crippen molar-refractivity contribution < 1.29 is 0 Å². The second kappa shape index (κ2) is 7.51. The number of unbranched alkanes of at least 4 members (excludes halogenated alkanes) is 2. The van der Waals surface area contributed by atoms with Crippen molar-refractivity contribution in [3.8, 4) is 0 Å². The van der Waals surface area contributed by atoms with E-state index in [9.17, 15) is 0 Å². The Hall–Kier alpha value is -1.30. The molecular formula is C17H18ClN3S2. The van der Waals surface area contributed by atoms with Crippen molar-refractivity contribution in [3.05, 3.63) is 45.7 Å². The summed E-state index contributed by atoms with van der Waals surface area (Å²) in [7, 11) is 0. The molecule has 0 saturated carbocycles. The summed E-state index contributed by atoms with van der Waals surface area (Å²) in [6, 6.07) is 5.64. The Labute approximate surface area is 150 Å². The number of thiocarbonyl (C=S) groups is 1. The van der Waals surface area contributed by atoms with Crippen LogP contribution in [0.3, 0.4) is 0 Å². The molecule has 0 aliphatic carbocycles. The molecule has 3 nitrogen and oxygen atoms in total. The minimum absolute atomic E-state index is 0.706. The lowest BCUT2D eigenvalue weighted by Gasteiger charge is -2.01. The number of benzene rings is 1. The Morgan fingerprint density at radius 3 is 2.96 bits per heavy atom. The third-order valence-electron chi connectivity index (χ3n) is 3.86. The summed E-state index contributed by atoms with van der Waals surface area (Å²) >= 11 is 13.1. The lowest BCUT2D eigenvalue weighted by Crippen LogP contribution is -2.00. The standard InChI is InChI=1S/C17H18ClN3S2/c1-11-10-19-23-16(11)6-4-2-3-5-15(22)17-20-13-8-7-12(18)9-14(13)21-17/h7-10H,2-6H2,1H3,(H,20,21). The van der Waals surface area contributed by atoms with E-state index in [-0.39, 0.29) is 0 Å². The molecular weight excluding hydrogens is 346 g/mol. The summed E-state index contributed by atoms with van der Waals surface area (Å²) in [5.41, 5.74) is 3.16. The van der Waals surface area contributed by atoms with E-state index in [0.717, 1.165) is 41.0 Å². The van der Waals surface area contributed by atoms with E-state index in [2.05, 4.69) is 21.3 Å². The number of hydrogen-bond acceptors (Lipinski definition) is 4. The molecule has 0 radical (unpaired) electrons. The van der Waals surface area contributed by atoms with Gasteiger partial charge in [-0.15, -0.1) is 0 Å². The van der Waals surface area contributed by atoms with Crippen LogP contribution >= 0.6 is 35.4 Å². The van der Waals surface area contributed by atoms with Crippen LogP contribution in [0.5, 0.6) is 0 Å². The number of nitrogens with zero attached hydrogens (tertiary/aromatic N) is 2. The number of halogens is 1. The van der Waals surface area contributed by atoms with E-state index in [1.165, 1.54) is 23.3 Å². The van der Waals surface area contributed by atoms with Gasteiger partial charge in [-0.25, -0.2) is 9.36 Å². The summed E-state index contributed by atoms with van der Waals surface area (Å²) in [4.78, 5) is 10.1. The molecule has 0 atom stereocenters. The fraction of sp³-hybridized carbons (Fsp3) is 0.353. The van der Waals surface area contributed by atoms with Crippen LogP contribution < -0.4 is 0 Å². The van der Waals surface area contributed by atoms with Crippen molar-refractivity contribution in [2.75, 3.05) is 0 Å². The van der Waals surface area contributed by atoms with Crippen LogP contribution in [0.1, 0.15) is 41.9 Å². The van der Waals surface area contributed by atoms with Gasteiger partial charge < -0.3 is 4.98 Å². The number of H-pyrrole nitrogens is 1.